The largest absolute Gasteiger partial charge is 0.507 e. The number of ether oxygens (including phenoxy) is 1. The van der Waals surface area contributed by atoms with Crippen molar-refractivity contribution in [2.24, 2.45) is 0 Å². The number of hydrogen-bond donors (Lipinski definition) is 1. The molecule has 2 heterocycles. The third-order valence-electron chi connectivity index (χ3n) is 5.28. The van der Waals surface area contributed by atoms with Gasteiger partial charge in [-0.05, 0) is 55.3 Å². The van der Waals surface area contributed by atoms with Crippen LogP contribution in [0.5, 0.6) is 5.75 Å². The maximum Gasteiger partial charge on any atom is 0.295 e. The molecule has 0 bridgehead atoms. The Morgan fingerprint density at radius 2 is 1.88 bits per heavy atom. The first-order valence-electron chi connectivity index (χ1n) is 10.5. The second kappa shape index (κ2) is 9.46. The van der Waals surface area contributed by atoms with Gasteiger partial charge in [-0.25, -0.2) is 0 Å². The number of aliphatic hydroxyl groups excluding tert-OH is 1. The van der Waals surface area contributed by atoms with Crippen molar-refractivity contribution in [2.75, 3.05) is 0 Å². The minimum absolute atomic E-state index is 0.0212. The lowest BCUT2D eigenvalue weighted by molar-refractivity contribution is -0.140. The number of hydrogen-bond acceptors (Lipinski definition) is 5. The normalized spacial score (nSPS) is 17.6. The van der Waals surface area contributed by atoms with Gasteiger partial charge < -0.3 is 14.7 Å². The fourth-order valence-electron chi connectivity index (χ4n) is 3.87. The molecule has 3 aromatic rings. The van der Waals surface area contributed by atoms with E-state index < -0.39 is 17.7 Å². The highest BCUT2D eigenvalue weighted by Crippen LogP contribution is 2.40. The standard InChI is InChI=1S/C26H23ClN2O4/c1-16(2)33-21-7-3-6-19(13-21)24(30)22-23(18-8-10-20(27)11-9-18)29(26(32)25(22)31)15-17-5-4-12-28-14-17/h3-14,16,23,30H,15H2,1-2H3/b24-22-. The zero-order chi connectivity index (χ0) is 23.5. The summed E-state index contributed by atoms with van der Waals surface area (Å²) < 4.78 is 5.72. The molecule has 1 aliphatic rings. The molecule has 168 valence electrons. The van der Waals surface area contributed by atoms with Gasteiger partial charge in [0.2, 0.25) is 0 Å². The van der Waals surface area contributed by atoms with Crippen molar-refractivity contribution in [3.05, 3.63) is 100 Å². The van der Waals surface area contributed by atoms with Crippen molar-refractivity contribution >= 4 is 29.1 Å². The maximum absolute atomic E-state index is 13.2. The average molecular weight is 463 g/mol. The zero-order valence-corrected chi connectivity index (χ0v) is 19.0. The van der Waals surface area contributed by atoms with Crippen LogP contribution in [0, 0.1) is 0 Å². The summed E-state index contributed by atoms with van der Waals surface area (Å²) in [5.74, 6) is -1.13. The molecule has 0 aliphatic carbocycles. The van der Waals surface area contributed by atoms with Crippen molar-refractivity contribution in [3.63, 3.8) is 0 Å². The van der Waals surface area contributed by atoms with E-state index in [0.717, 1.165) is 5.56 Å². The number of rotatable bonds is 6. The van der Waals surface area contributed by atoms with E-state index in [4.69, 9.17) is 16.3 Å². The number of halogens is 1. The summed E-state index contributed by atoms with van der Waals surface area (Å²) in [6.07, 6.45) is 3.23. The molecule has 33 heavy (non-hydrogen) atoms. The number of amides is 1. The average Bonchev–Trinajstić information content (AvgIpc) is 3.04. The lowest BCUT2D eigenvalue weighted by atomic mass is 9.95. The second-order valence-electron chi connectivity index (χ2n) is 8.03. The number of carbonyl (C=O) groups is 2. The number of aromatic nitrogens is 1. The fourth-order valence-corrected chi connectivity index (χ4v) is 3.99. The fraction of sp³-hybridized carbons (Fsp3) is 0.192. The van der Waals surface area contributed by atoms with Gasteiger partial charge in [0.05, 0.1) is 17.7 Å². The number of ketones is 1. The monoisotopic (exact) mass is 462 g/mol. The van der Waals surface area contributed by atoms with E-state index in [9.17, 15) is 14.7 Å². The zero-order valence-electron chi connectivity index (χ0n) is 18.2. The summed E-state index contributed by atoms with van der Waals surface area (Å²) in [5, 5.41) is 11.8. The van der Waals surface area contributed by atoms with E-state index in [2.05, 4.69) is 4.98 Å². The minimum Gasteiger partial charge on any atom is -0.507 e. The summed E-state index contributed by atoms with van der Waals surface area (Å²) in [7, 11) is 0. The number of aliphatic hydroxyl groups is 1. The molecule has 7 heteroatoms. The Hall–Kier alpha value is -3.64. The number of likely N-dealkylation sites (tertiary alicyclic amines) is 1. The molecule has 1 aromatic heterocycles. The van der Waals surface area contributed by atoms with Crippen molar-refractivity contribution in [1.29, 1.82) is 0 Å². The van der Waals surface area contributed by atoms with Gasteiger partial charge >= 0.3 is 0 Å². The summed E-state index contributed by atoms with van der Waals surface area (Å²) in [5.41, 5.74) is 1.85. The first-order chi connectivity index (χ1) is 15.8. The topological polar surface area (TPSA) is 79.7 Å². The van der Waals surface area contributed by atoms with Gasteiger partial charge in [-0.15, -0.1) is 0 Å². The molecular formula is C26H23ClN2O4. The van der Waals surface area contributed by atoms with E-state index in [1.807, 2.05) is 19.9 Å². The van der Waals surface area contributed by atoms with Crippen LogP contribution in [-0.4, -0.2) is 32.8 Å². The molecule has 1 unspecified atom stereocenters. The van der Waals surface area contributed by atoms with E-state index in [1.54, 1.807) is 67.0 Å². The van der Waals surface area contributed by atoms with Crippen molar-refractivity contribution < 1.29 is 19.4 Å². The molecule has 1 amide bonds. The number of Topliss-reactive ketones (excluding diaryl/α,β-unsaturated/α-hetero) is 1. The van der Waals surface area contributed by atoms with Crippen LogP contribution in [0.3, 0.4) is 0 Å². The highest BCUT2D eigenvalue weighted by Gasteiger charge is 2.46. The Bertz CT molecular complexity index is 1210. The minimum atomic E-state index is -0.780. The highest BCUT2D eigenvalue weighted by atomic mass is 35.5. The molecular weight excluding hydrogens is 440 g/mol. The summed E-state index contributed by atoms with van der Waals surface area (Å²) in [6, 6.07) is 16.5. The molecule has 0 spiro atoms. The van der Waals surface area contributed by atoms with Gasteiger partial charge in [-0.2, -0.15) is 0 Å². The predicted molar refractivity (Wildman–Crippen MR) is 126 cm³/mol. The smallest absolute Gasteiger partial charge is 0.295 e. The Kier molecular flexibility index (Phi) is 6.47. The number of nitrogens with zero attached hydrogens (tertiary/aromatic N) is 2. The Balaban J connectivity index is 1.83. The van der Waals surface area contributed by atoms with Crippen LogP contribution < -0.4 is 4.74 Å². The van der Waals surface area contributed by atoms with E-state index >= 15 is 0 Å². The van der Waals surface area contributed by atoms with E-state index in [-0.39, 0.29) is 24.0 Å². The molecule has 2 aromatic carbocycles. The number of carbonyl (C=O) groups excluding carboxylic acids is 2. The first kappa shape index (κ1) is 22.6. The lowest BCUT2D eigenvalue weighted by Gasteiger charge is -2.25. The van der Waals surface area contributed by atoms with Crippen molar-refractivity contribution in [1.82, 2.24) is 9.88 Å². The molecule has 0 radical (unpaired) electrons. The lowest BCUT2D eigenvalue weighted by Crippen LogP contribution is -2.29. The highest BCUT2D eigenvalue weighted by molar-refractivity contribution is 6.46. The quantitative estimate of drug-likeness (QED) is 0.311. The van der Waals surface area contributed by atoms with Crippen LogP contribution in [0.25, 0.3) is 5.76 Å². The molecule has 4 rings (SSSR count). The molecule has 1 fully saturated rings. The van der Waals surface area contributed by atoms with Gasteiger partial charge in [-0.3, -0.25) is 14.6 Å². The van der Waals surface area contributed by atoms with Crippen molar-refractivity contribution in [3.8, 4) is 5.75 Å². The van der Waals surface area contributed by atoms with Crippen LogP contribution in [0.1, 0.15) is 36.6 Å². The van der Waals surface area contributed by atoms with Crippen LogP contribution >= 0.6 is 11.6 Å². The predicted octanol–water partition coefficient (Wildman–Crippen LogP) is 5.14. The van der Waals surface area contributed by atoms with E-state index in [1.165, 1.54) is 4.90 Å². The van der Waals surface area contributed by atoms with Crippen LogP contribution in [0.4, 0.5) is 0 Å². The molecule has 1 atom stereocenters. The molecule has 6 nitrogen and oxygen atoms in total. The van der Waals surface area contributed by atoms with Gasteiger partial charge in [-0.1, -0.05) is 41.9 Å². The summed E-state index contributed by atoms with van der Waals surface area (Å²) in [6.45, 7) is 3.97. The van der Waals surface area contributed by atoms with Gasteiger partial charge in [0.25, 0.3) is 11.7 Å². The Morgan fingerprint density at radius 1 is 1.12 bits per heavy atom. The summed E-state index contributed by atoms with van der Waals surface area (Å²) in [4.78, 5) is 31.8. The SMILES string of the molecule is CC(C)Oc1cccc(/C(O)=C2/C(=O)C(=O)N(Cc3cccnc3)C2c2ccc(Cl)cc2)c1. The van der Waals surface area contributed by atoms with Crippen molar-refractivity contribution in [2.45, 2.75) is 32.5 Å². The maximum atomic E-state index is 13.2. The number of pyridine rings is 1. The van der Waals surface area contributed by atoms with Gasteiger partial charge in [0, 0.05) is 29.5 Å². The first-order valence-corrected chi connectivity index (χ1v) is 10.9. The van der Waals surface area contributed by atoms with Crippen LogP contribution in [0.15, 0.2) is 78.6 Å². The van der Waals surface area contributed by atoms with Gasteiger partial charge in [0.1, 0.15) is 11.5 Å². The molecule has 0 saturated carbocycles. The third-order valence-corrected chi connectivity index (χ3v) is 5.53. The second-order valence-corrected chi connectivity index (χ2v) is 8.47. The Morgan fingerprint density at radius 3 is 2.55 bits per heavy atom. The Labute approximate surface area is 197 Å². The van der Waals surface area contributed by atoms with Crippen LogP contribution in [0.2, 0.25) is 5.02 Å². The van der Waals surface area contributed by atoms with Crippen LogP contribution in [-0.2, 0) is 16.1 Å². The molecule has 1 saturated heterocycles. The molecule has 1 N–H and O–H groups in total. The van der Waals surface area contributed by atoms with E-state index in [0.29, 0.717) is 21.9 Å². The third kappa shape index (κ3) is 4.76. The number of benzene rings is 2. The molecule has 1 aliphatic heterocycles. The van der Waals surface area contributed by atoms with Gasteiger partial charge in [0.15, 0.2) is 0 Å². The summed E-state index contributed by atoms with van der Waals surface area (Å²) >= 11 is 6.06.